The van der Waals surface area contributed by atoms with Gasteiger partial charge in [0.1, 0.15) is 4.90 Å². The van der Waals surface area contributed by atoms with Crippen LogP contribution < -0.4 is 0 Å². The number of nitrogens with zero attached hydrogens (tertiary/aromatic N) is 3. The molecular weight excluding hydrogens is 293 g/mol. The minimum Gasteiger partial charge on any atom is -0.273 e. The van der Waals surface area contributed by atoms with E-state index < -0.39 is 14.8 Å². The molecule has 0 bridgehead atoms. The summed E-state index contributed by atoms with van der Waals surface area (Å²) in [4.78, 5) is 3.40. The third-order valence-electron chi connectivity index (χ3n) is 2.74. The van der Waals surface area contributed by atoms with Gasteiger partial charge in [0.15, 0.2) is 5.15 Å². The van der Waals surface area contributed by atoms with Crippen LogP contribution in [0.1, 0.15) is 12.5 Å². The standard InChI is InChI=1S/C11H11ClFN3O2S/c1-11(13,8-3-5-14-6-4-8)19(17,18)9-7-16(2)15-10(9)12/h3-7H,1-2H3. The third-order valence-corrected chi connectivity index (χ3v) is 5.26. The Hall–Kier alpha value is -1.47. The van der Waals surface area contributed by atoms with Crippen molar-refractivity contribution in [1.82, 2.24) is 14.8 Å². The van der Waals surface area contributed by atoms with Crippen LogP contribution in [0.3, 0.4) is 0 Å². The van der Waals surface area contributed by atoms with E-state index in [9.17, 15) is 12.8 Å². The SMILES string of the molecule is Cn1cc(S(=O)(=O)C(C)(F)c2ccncc2)c(Cl)n1. The zero-order valence-corrected chi connectivity index (χ0v) is 11.8. The Bertz CT molecular complexity index is 698. The topological polar surface area (TPSA) is 64.8 Å². The van der Waals surface area contributed by atoms with Crippen LogP contribution in [0, 0.1) is 0 Å². The van der Waals surface area contributed by atoms with Gasteiger partial charge in [0.25, 0.3) is 0 Å². The van der Waals surface area contributed by atoms with Gasteiger partial charge in [-0.15, -0.1) is 0 Å². The van der Waals surface area contributed by atoms with Crippen molar-refractivity contribution in [3.8, 4) is 0 Å². The second-order valence-electron chi connectivity index (χ2n) is 4.11. The molecule has 1 atom stereocenters. The highest BCUT2D eigenvalue weighted by atomic mass is 35.5. The Kier molecular flexibility index (Phi) is 3.36. The molecule has 0 fully saturated rings. The van der Waals surface area contributed by atoms with Crippen LogP contribution in [0.2, 0.25) is 5.15 Å². The summed E-state index contributed by atoms with van der Waals surface area (Å²) in [5.74, 6) is 0. The van der Waals surface area contributed by atoms with Gasteiger partial charge in [0, 0.05) is 31.2 Å². The van der Waals surface area contributed by atoms with Crippen molar-refractivity contribution in [1.29, 1.82) is 0 Å². The first-order valence-corrected chi connectivity index (χ1v) is 7.16. The highest BCUT2D eigenvalue weighted by molar-refractivity contribution is 7.92. The van der Waals surface area contributed by atoms with Gasteiger partial charge in [-0.1, -0.05) is 11.6 Å². The Morgan fingerprint density at radius 1 is 1.37 bits per heavy atom. The number of sulfone groups is 1. The summed E-state index contributed by atoms with van der Waals surface area (Å²) in [6, 6.07) is 2.61. The summed E-state index contributed by atoms with van der Waals surface area (Å²) in [7, 11) is -2.80. The molecule has 0 aliphatic heterocycles. The van der Waals surface area contributed by atoms with Gasteiger partial charge in [0.05, 0.1) is 0 Å². The van der Waals surface area contributed by atoms with E-state index in [1.165, 1.54) is 42.5 Å². The number of hydrogen-bond donors (Lipinski definition) is 0. The molecule has 0 N–H and O–H groups in total. The zero-order chi connectivity index (χ0) is 14.3. The number of aromatic nitrogens is 3. The summed E-state index contributed by atoms with van der Waals surface area (Å²) >= 11 is 5.73. The molecule has 102 valence electrons. The molecule has 1 unspecified atom stereocenters. The van der Waals surface area contributed by atoms with Crippen LogP contribution in [-0.2, 0) is 21.9 Å². The van der Waals surface area contributed by atoms with Crippen molar-refractivity contribution in [2.75, 3.05) is 0 Å². The van der Waals surface area contributed by atoms with Gasteiger partial charge in [-0.2, -0.15) is 5.10 Å². The number of hydrogen-bond acceptors (Lipinski definition) is 4. The maximum absolute atomic E-state index is 14.8. The number of halogens is 2. The van der Waals surface area contributed by atoms with Crippen LogP contribution in [0.15, 0.2) is 35.6 Å². The number of aryl methyl sites for hydroxylation is 1. The van der Waals surface area contributed by atoms with Gasteiger partial charge < -0.3 is 0 Å². The maximum atomic E-state index is 14.8. The second-order valence-corrected chi connectivity index (χ2v) is 6.69. The molecule has 19 heavy (non-hydrogen) atoms. The normalized spacial score (nSPS) is 15.2. The molecule has 2 aromatic rings. The molecule has 0 aliphatic carbocycles. The fourth-order valence-electron chi connectivity index (χ4n) is 1.63. The van der Waals surface area contributed by atoms with Gasteiger partial charge >= 0.3 is 0 Å². The van der Waals surface area contributed by atoms with Gasteiger partial charge in [-0.05, 0) is 19.1 Å². The average molecular weight is 304 g/mol. The lowest BCUT2D eigenvalue weighted by Crippen LogP contribution is -2.27. The van der Waals surface area contributed by atoms with Crippen molar-refractivity contribution in [2.45, 2.75) is 16.8 Å². The molecule has 0 radical (unpaired) electrons. The largest absolute Gasteiger partial charge is 0.273 e. The molecule has 8 heteroatoms. The van der Waals surface area contributed by atoms with E-state index in [1.807, 2.05) is 0 Å². The van der Waals surface area contributed by atoms with Crippen molar-refractivity contribution in [3.05, 3.63) is 41.4 Å². The minimum atomic E-state index is -4.31. The van der Waals surface area contributed by atoms with Crippen LogP contribution in [-0.4, -0.2) is 23.2 Å². The van der Waals surface area contributed by atoms with Crippen molar-refractivity contribution >= 4 is 21.4 Å². The van der Waals surface area contributed by atoms with Crippen LogP contribution in [0.5, 0.6) is 0 Å². The van der Waals surface area contributed by atoms with E-state index in [4.69, 9.17) is 11.6 Å². The molecule has 0 spiro atoms. The average Bonchev–Trinajstić information content (AvgIpc) is 2.70. The van der Waals surface area contributed by atoms with E-state index in [0.29, 0.717) is 0 Å². The first-order valence-electron chi connectivity index (χ1n) is 5.30. The van der Waals surface area contributed by atoms with Crippen LogP contribution in [0.4, 0.5) is 4.39 Å². The summed E-state index contributed by atoms with van der Waals surface area (Å²) in [6.45, 7) is 0.973. The lowest BCUT2D eigenvalue weighted by molar-refractivity contribution is 0.298. The minimum absolute atomic E-state index is 0.0116. The monoisotopic (exact) mass is 303 g/mol. The summed E-state index contributed by atoms with van der Waals surface area (Å²) in [5, 5.41) is 0.850. The fraction of sp³-hybridized carbons (Fsp3) is 0.273. The zero-order valence-electron chi connectivity index (χ0n) is 10.2. The first-order chi connectivity index (χ1) is 8.76. The molecular formula is C11H11ClFN3O2S. The molecule has 5 nitrogen and oxygen atoms in total. The third kappa shape index (κ3) is 2.23. The Morgan fingerprint density at radius 3 is 2.42 bits per heavy atom. The van der Waals surface area contributed by atoms with E-state index >= 15 is 0 Å². The van der Waals surface area contributed by atoms with Crippen molar-refractivity contribution in [2.24, 2.45) is 7.05 Å². The van der Waals surface area contributed by atoms with Crippen molar-refractivity contribution in [3.63, 3.8) is 0 Å². The molecule has 0 aliphatic rings. The molecule has 0 amide bonds. The molecule has 2 aromatic heterocycles. The highest BCUT2D eigenvalue weighted by Crippen LogP contribution is 2.38. The Balaban J connectivity index is 2.59. The smallest absolute Gasteiger partial charge is 0.237 e. The van der Waals surface area contributed by atoms with Crippen LogP contribution in [0.25, 0.3) is 0 Å². The van der Waals surface area contributed by atoms with Gasteiger partial charge in [-0.25, -0.2) is 12.8 Å². The lowest BCUT2D eigenvalue weighted by atomic mass is 10.2. The number of pyridine rings is 1. The molecule has 0 aromatic carbocycles. The Morgan fingerprint density at radius 2 is 1.95 bits per heavy atom. The second kappa shape index (κ2) is 4.57. The van der Waals surface area contributed by atoms with E-state index in [0.717, 1.165) is 6.92 Å². The van der Waals surface area contributed by atoms with Crippen molar-refractivity contribution < 1.29 is 12.8 Å². The molecule has 2 rings (SSSR count). The van der Waals surface area contributed by atoms with Gasteiger partial charge in [0.2, 0.25) is 14.8 Å². The predicted octanol–water partition coefficient (Wildman–Crippen LogP) is 2.08. The summed E-state index contributed by atoms with van der Waals surface area (Å²) < 4.78 is 40.7. The van der Waals surface area contributed by atoms with E-state index in [2.05, 4.69) is 10.1 Å². The quantitative estimate of drug-likeness (QED) is 0.871. The summed E-state index contributed by atoms with van der Waals surface area (Å²) in [5.41, 5.74) is -0.0116. The first kappa shape index (κ1) is 14.0. The van der Waals surface area contributed by atoms with E-state index in [1.54, 1.807) is 0 Å². The highest BCUT2D eigenvalue weighted by Gasteiger charge is 2.44. The van der Waals surface area contributed by atoms with Crippen LogP contribution >= 0.6 is 11.6 Å². The Labute approximate surface area is 115 Å². The summed E-state index contributed by atoms with van der Waals surface area (Å²) in [6.07, 6.45) is 3.83. The van der Waals surface area contributed by atoms with Gasteiger partial charge in [-0.3, -0.25) is 9.67 Å². The molecule has 2 heterocycles. The molecule has 0 saturated heterocycles. The fourth-order valence-corrected chi connectivity index (χ4v) is 3.52. The number of rotatable bonds is 3. The lowest BCUT2D eigenvalue weighted by Gasteiger charge is -2.20. The van der Waals surface area contributed by atoms with E-state index in [-0.39, 0.29) is 15.6 Å². The molecule has 0 saturated carbocycles. The number of alkyl halides is 1. The predicted molar refractivity (Wildman–Crippen MR) is 68.1 cm³/mol. The maximum Gasteiger partial charge on any atom is 0.237 e.